The van der Waals surface area contributed by atoms with Crippen LogP contribution in [-0.2, 0) is 0 Å². The largest absolute Gasteiger partial charge is 0.370 e. The lowest BCUT2D eigenvalue weighted by molar-refractivity contribution is 0.0974. The number of hydrogen-bond donors (Lipinski definition) is 2. The van der Waals surface area contributed by atoms with Gasteiger partial charge in [-0.1, -0.05) is 0 Å². The number of anilines is 2. The maximum Gasteiger partial charge on any atom is 0.131 e. The minimum Gasteiger partial charge on any atom is -0.370 e. The molecular formula is C13H21N5. The van der Waals surface area contributed by atoms with Gasteiger partial charge in [0.25, 0.3) is 0 Å². The predicted octanol–water partition coefficient (Wildman–Crippen LogP) is 1.41. The lowest BCUT2D eigenvalue weighted by Gasteiger charge is -2.45. The van der Waals surface area contributed by atoms with E-state index in [4.69, 9.17) is 0 Å². The zero-order valence-electron chi connectivity index (χ0n) is 10.9. The van der Waals surface area contributed by atoms with Crippen LogP contribution in [-0.4, -0.2) is 47.1 Å². The van der Waals surface area contributed by atoms with Gasteiger partial charge >= 0.3 is 0 Å². The summed E-state index contributed by atoms with van der Waals surface area (Å²) in [6, 6.07) is 2.55. The van der Waals surface area contributed by atoms with Gasteiger partial charge < -0.3 is 15.5 Å². The fourth-order valence-electron chi connectivity index (χ4n) is 3.03. The summed E-state index contributed by atoms with van der Waals surface area (Å²) in [4.78, 5) is 11.1. The highest BCUT2D eigenvalue weighted by molar-refractivity contribution is 5.47. The van der Waals surface area contributed by atoms with Gasteiger partial charge in [0, 0.05) is 25.2 Å². The zero-order chi connectivity index (χ0) is 12.4. The molecule has 4 heterocycles. The van der Waals surface area contributed by atoms with Gasteiger partial charge in [0.1, 0.15) is 18.0 Å². The van der Waals surface area contributed by atoms with Crippen molar-refractivity contribution in [3.05, 3.63) is 12.4 Å². The Labute approximate surface area is 108 Å². The molecule has 18 heavy (non-hydrogen) atoms. The Morgan fingerprint density at radius 3 is 2.72 bits per heavy atom. The Kier molecular flexibility index (Phi) is 3.32. The number of hydrogen-bond acceptors (Lipinski definition) is 5. The first-order valence-corrected chi connectivity index (χ1v) is 6.90. The molecule has 0 aromatic carbocycles. The minimum absolute atomic E-state index is 0.553. The monoisotopic (exact) mass is 247 g/mol. The third kappa shape index (κ3) is 2.41. The topological polar surface area (TPSA) is 53.1 Å². The first kappa shape index (κ1) is 11.7. The Bertz CT molecular complexity index is 400. The van der Waals surface area contributed by atoms with Crippen LogP contribution in [0.25, 0.3) is 0 Å². The zero-order valence-corrected chi connectivity index (χ0v) is 10.9. The normalized spacial score (nSPS) is 30.2. The van der Waals surface area contributed by atoms with Crippen LogP contribution in [0, 0.1) is 5.92 Å². The van der Waals surface area contributed by atoms with Crippen molar-refractivity contribution in [2.75, 3.05) is 36.8 Å². The van der Waals surface area contributed by atoms with Crippen LogP contribution in [0.2, 0.25) is 0 Å². The first-order valence-electron chi connectivity index (χ1n) is 6.90. The van der Waals surface area contributed by atoms with Crippen LogP contribution in [0.4, 0.5) is 11.6 Å². The van der Waals surface area contributed by atoms with Gasteiger partial charge in [-0.05, 0) is 38.8 Å². The molecule has 2 N–H and O–H groups in total. The molecule has 3 aliphatic rings. The molecule has 5 nitrogen and oxygen atoms in total. The summed E-state index contributed by atoms with van der Waals surface area (Å²) in [5.74, 6) is 2.66. The van der Waals surface area contributed by atoms with Crippen LogP contribution < -0.4 is 10.6 Å². The highest BCUT2D eigenvalue weighted by atomic mass is 15.2. The number of aromatic nitrogens is 2. The molecule has 0 aliphatic carbocycles. The smallest absolute Gasteiger partial charge is 0.131 e. The Morgan fingerprint density at radius 1 is 1.28 bits per heavy atom. The van der Waals surface area contributed by atoms with Crippen molar-refractivity contribution in [3.8, 4) is 0 Å². The quantitative estimate of drug-likeness (QED) is 0.842. The summed E-state index contributed by atoms with van der Waals surface area (Å²) >= 11 is 0. The van der Waals surface area contributed by atoms with Crippen LogP contribution in [0.5, 0.6) is 0 Å². The van der Waals surface area contributed by atoms with E-state index in [9.17, 15) is 0 Å². The van der Waals surface area contributed by atoms with Gasteiger partial charge in [0.2, 0.25) is 0 Å². The SMILES string of the molecule is CCNc1cc(NC2CN3CCC2CC3)ncn1. The number of rotatable bonds is 4. The molecule has 1 unspecified atom stereocenters. The standard InChI is InChI=1S/C13H21N5/c1-2-14-12-7-13(16-9-15-12)17-11-8-18-5-3-10(11)4-6-18/h7,9-11H,2-6,8H2,1H3,(H2,14,15,16,17). The molecule has 3 fully saturated rings. The minimum atomic E-state index is 0.553. The summed E-state index contributed by atoms with van der Waals surface area (Å²) in [7, 11) is 0. The van der Waals surface area contributed by atoms with Gasteiger partial charge in [0.15, 0.2) is 0 Å². The summed E-state index contributed by atoms with van der Waals surface area (Å²) in [5, 5.41) is 6.80. The summed E-state index contributed by atoms with van der Waals surface area (Å²) < 4.78 is 0. The molecular weight excluding hydrogens is 226 g/mol. The van der Waals surface area contributed by atoms with Gasteiger partial charge in [-0.2, -0.15) is 0 Å². The molecule has 1 atom stereocenters. The molecule has 3 aliphatic heterocycles. The van der Waals surface area contributed by atoms with E-state index < -0.39 is 0 Å². The van der Waals surface area contributed by atoms with E-state index in [0.29, 0.717) is 6.04 Å². The fourth-order valence-corrected chi connectivity index (χ4v) is 3.03. The van der Waals surface area contributed by atoms with Crippen LogP contribution in [0.1, 0.15) is 19.8 Å². The Hall–Kier alpha value is -1.36. The second kappa shape index (κ2) is 5.10. The molecule has 98 valence electrons. The number of nitrogens with zero attached hydrogens (tertiary/aromatic N) is 3. The van der Waals surface area contributed by atoms with Crippen LogP contribution in [0.15, 0.2) is 12.4 Å². The second-order valence-electron chi connectivity index (χ2n) is 5.21. The van der Waals surface area contributed by atoms with Gasteiger partial charge in [-0.15, -0.1) is 0 Å². The van der Waals surface area contributed by atoms with Crippen molar-refractivity contribution >= 4 is 11.6 Å². The molecule has 4 rings (SSSR count). The second-order valence-corrected chi connectivity index (χ2v) is 5.21. The molecule has 2 bridgehead atoms. The van der Waals surface area contributed by atoms with Crippen molar-refractivity contribution in [3.63, 3.8) is 0 Å². The molecule has 1 aromatic rings. The van der Waals surface area contributed by atoms with E-state index >= 15 is 0 Å². The van der Waals surface area contributed by atoms with Crippen molar-refractivity contribution < 1.29 is 0 Å². The molecule has 1 aromatic heterocycles. The predicted molar refractivity (Wildman–Crippen MR) is 72.8 cm³/mol. The molecule has 0 amide bonds. The molecule has 0 radical (unpaired) electrons. The molecule has 5 heteroatoms. The average molecular weight is 247 g/mol. The fraction of sp³-hybridized carbons (Fsp3) is 0.692. The van der Waals surface area contributed by atoms with E-state index in [-0.39, 0.29) is 0 Å². The van der Waals surface area contributed by atoms with Crippen molar-refractivity contribution in [2.24, 2.45) is 5.92 Å². The highest BCUT2D eigenvalue weighted by Crippen LogP contribution is 2.29. The molecule has 0 saturated carbocycles. The number of piperidine rings is 3. The van der Waals surface area contributed by atoms with Gasteiger partial charge in [0.05, 0.1) is 0 Å². The Balaban J connectivity index is 1.67. The van der Waals surface area contributed by atoms with Crippen molar-refractivity contribution in [1.29, 1.82) is 0 Å². The lowest BCUT2D eigenvalue weighted by atomic mass is 9.84. The van der Waals surface area contributed by atoms with E-state index in [0.717, 1.165) is 30.6 Å². The highest BCUT2D eigenvalue weighted by Gasteiger charge is 2.34. The molecule has 3 saturated heterocycles. The van der Waals surface area contributed by atoms with Gasteiger partial charge in [-0.25, -0.2) is 9.97 Å². The summed E-state index contributed by atoms with van der Waals surface area (Å²) in [6.45, 7) is 6.66. The lowest BCUT2D eigenvalue weighted by Crippen LogP contribution is -2.53. The summed E-state index contributed by atoms with van der Waals surface area (Å²) in [5.41, 5.74) is 0. The van der Waals surface area contributed by atoms with Crippen LogP contribution in [0.3, 0.4) is 0 Å². The average Bonchev–Trinajstić information content (AvgIpc) is 2.41. The maximum absolute atomic E-state index is 4.32. The first-order chi connectivity index (χ1) is 8.85. The van der Waals surface area contributed by atoms with E-state index in [1.165, 1.54) is 25.9 Å². The van der Waals surface area contributed by atoms with Crippen molar-refractivity contribution in [2.45, 2.75) is 25.8 Å². The number of nitrogens with one attached hydrogen (secondary N) is 2. The Morgan fingerprint density at radius 2 is 2.06 bits per heavy atom. The third-order valence-corrected chi connectivity index (χ3v) is 4.01. The third-order valence-electron chi connectivity index (χ3n) is 4.01. The van der Waals surface area contributed by atoms with Gasteiger partial charge in [-0.3, -0.25) is 0 Å². The van der Waals surface area contributed by atoms with Crippen molar-refractivity contribution in [1.82, 2.24) is 14.9 Å². The van der Waals surface area contributed by atoms with E-state index in [1.807, 2.05) is 6.07 Å². The van der Waals surface area contributed by atoms with E-state index in [1.54, 1.807) is 6.33 Å². The van der Waals surface area contributed by atoms with E-state index in [2.05, 4.69) is 32.4 Å². The molecule has 0 spiro atoms. The van der Waals surface area contributed by atoms with Crippen LogP contribution >= 0.6 is 0 Å². The summed E-state index contributed by atoms with van der Waals surface area (Å²) in [6.07, 6.45) is 4.27. The maximum atomic E-state index is 4.32. The number of fused-ring (bicyclic) bond motifs is 3.